The fourth-order valence-electron chi connectivity index (χ4n) is 11.3. The van der Waals surface area contributed by atoms with Crippen LogP contribution in [0.4, 0.5) is 0 Å². The van der Waals surface area contributed by atoms with Crippen LogP contribution in [0.2, 0.25) is 0 Å². The lowest BCUT2D eigenvalue weighted by molar-refractivity contribution is -0.246. The van der Waals surface area contributed by atoms with Gasteiger partial charge < -0.3 is 10.2 Å². The van der Waals surface area contributed by atoms with E-state index in [4.69, 9.17) is 0 Å². The highest BCUT2D eigenvalue weighted by Gasteiger charge is 2.71. The number of rotatable bonds is 2. The standard InChI is InChI=1S/C30H48O3/c1-18(2)19-16-21-20-8-9-23-27(5)12-11-24(31)26(3,4)22(27)10-13-29(23,7)28(20,6)14-15-30(21,17-19)25(32)33/h19-24,31H,1,8-17H2,2-7H3,(H,32,33)/t19-,20-,21-,22+,23-,24-,27-,28+,29+,30+/m0/s1. The summed E-state index contributed by atoms with van der Waals surface area (Å²) in [5, 5.41) is 21.4. The summed E-state index contributed by atoms with van der Waals surface area (Å²) in [6.07, 6.45) is 10.5. The van der Waals surface area contributed by atoms with E-state index in [1.165, 1.54) is 31.3 Å². The highest BCUT2D eigenvalue weighted by atomic mass is 16.4. The van der Waals surface area contributed by atoms with Gasteiger partial charge in [-0.25, -0.2) is 0 Å². The van der Waals surface area contributed by atoms with Crippen molar-refractivity contribution in [2.45, 2.75) is 112 Å². The van der Waals surface area contributed by atoms with Crippen LogP contribution in [0.5, 0.6) is 0 Å². The molecule has 0 aromatic rings. The third-order valence-electron chi connectivity index (χ3n) is 13.5. The molecule has 5 aliphatic carbocycles. The molecule has 0 bridgehead atoms. The summed E-state index contributed by atoms with van der Waals surface area (Å²) >= 11 is 0. The van der Waals surface area contributed by atoms with Crippen LogP contribution in [0.25, 0.3) is 0 Å². The van der Waals surface area contributed by atoms with Crippen LogP contribution in [0.1, 0.15) is 106 Å². The van der Waals surface area contributed by atoms with Crippen molar-refractivity contribution >= 4 is 5.97 Å². The maximum absolute atomic E-state index is 12.8. The zero-order valence-corrected chi connectivity index (χ0v) is 22.0. The van der Waals surface area contributed by atoms with Crippen molar-refractivity contribution < 1.29 is 15.0 Å². The van der Waals surface area contributed by atoms with Gasteiger partial charge in [0.25, 0.3) is 0 Å². The Morgan fingerprint density at radius 2 is 1.55 bits per heavy atom. The van der Waals surface area contributed by atoms with Gasteiger partial charge in [0.15, 0.2) is 0 Å². The van der Waals surface area contributed by atoms with Crippen LogP contribution in [0.3, 0.4) is 0 Å². The number of aliphatic hydroxyl groups excluding tert-OH is 1. The molecule has 0 saturated heterocycles. The van der Waals surface area contributed by atoms with E-state index in [0.717, 1.165) is 38.5 Å². The van der Waals surface area contributed by atoms with Gasteiger partial charge in [-0.2, -0.15) is 0 Å². The maximum Gasteiger partial charge on any atom is 0.309 e. The van der Waals surface area contributed by atoms with Gasteiger partial charge in [0.1, 0.15) is 0 Å². The third-order valence-corrected chi connectivity index (χ3v) is 13.5. The Bertz CT molecular complexity index is 861. The van der Waals surface area contributed by atoms with Crippen molar-refractivity contribution in [2.24, 2.45) is 56.7 Å². The van der Waals surface area contributed by atoms with E-state index in [9.17, 15) is 15.0 Å². The Morgan fingerprint density at radius 1 is 0.848 bits per heavy atom. The van der Waals surface area contributed by atoms with Gasteiger partial charge >= 0.3 is 5.97 Å². The predicted molar refractivity (Wildman–Crippen MR) is 133 cm³/mol. The largest absolute Gasteiger partial charge is 0.481 e. The molecule has 0 radical (unpaired) electrons. The Hall–Kier alpha value is -0.830. The first-order valence-electron chi connectivity index (χ1n) is 13.8. The van der Waals surface area contributed by atoms with Crippen LogP contribution in [0.15, 0.2) is 12.2 Å². The number of hydrogen-bond acceptors (Lipinski definition) is 2. The normalized spacial score (nSPS) is 55.0. The Labute approximate surface area is 201 Å². The van der Waals surface area contributed by atoms with Crippen molar-refractivity contribution in [3.63, 3.8) is 0 Å². The Balaban J connectivity index is 1.53. The van der Waals surface area contributed by atoms with E-state index in [-0.39, 0.29) is 27.8 Å². The molecular weight excluding hydrogens is 408 g/mol. The van der Waals surface area contributed by atoms with Crippen molar-refractivity contribution in [1.29, 1.82) is 0 Å². The molecule has 0 aromatic carbocycles. The van der Waals surface area contributed by atoms with Crippen molar-refractivity contribution in [3.8, 4) is 0 Å². The van der Waals surface area contributed by atoms with E-state index in [1.807, 2.05) is 0 Å². The highest BCUT2D eigenvalue weighted by Crippen LogP contribution is 2.77. The molecule has 5 rings (SSSR count). The molecule has 33 heavy (non-hydrogen) atoms. The molecule has 10 atom stereocenters. The minimum Gasteiger partial charge on any atom is -0.481 e. The Morgan fingerprint density at radius 3 is 2.18 bits per heavy atom. The summed E-state index contributed by atoms with van der Waals surface area (Å²) in [6.45, 7) is 18.7. The summed E-state index contributed by atoms with van der Waals surface area (Å²) < 4.78 is 0. The molecule has 0 amide bonds. The smallest absolute Gasteiger partial charge is 0.309 e. The van der Waals surface area contributed by atoms with Gasteiger partial charge in [-0.15, -0.1) is 0 Å². The molecule has 5 aliphatic rings. The molecule has 0 unspecified atom stereocenters. The average molecular weight is 457 g/mol. The first-order chi connectivity index (χ1) is 15.2. The molecule has 0 aliphatic heterocycles. The van der Waals surface area contributed by atoms with Crippen LogP contribution in [-0.2, 0) is 4.79 Å². The lowest BCUT2D eigenvalue weighted by atomic mass is 9.32. The van der Waals surface area contributed by atoms with Gasteiger partial charge in [-0.3, -0.25) is 4.79 Å². The number of carboxylic acids is 1. The summed E-state index contributed by atoms with van der Waals surface area (Å²) in [5.74, 6) is 1.89. The van der Waals surface area contributed by atoms with E-state index in [1.54, 1.807) is 0 Å². The molecule has 0 spiro atoms. The zero-order valence-electron chi connectivity index (χ0n) is 22.0. The van der Waals surface area contributed by atoms with E-state index in [2.05, 4.69) is 48.1 Å². The number of aliphatic hydroxyl groups is 1. The summed E-state index contributed by atoms with van der Waals surface area (Å²) in [4.78, 5) is 12.8. The topological polar surface area (TPSA) is 57.5 Å². The van der Waals surface area contributed by atoms with Crippen LogP contribution < -0.4 is 0 Å². The molecule has 5 fully saturated rings. The number of fused-ring (bicyclic) bond motifs is 7. The highest BCUT2D eigenvalue weighted by molar-refractivity contribution is 5.76. The fourth-order valence-corrected chi connectivity index (χ4v) is 11.3. The molecule has 186 valence electrons. The van der Waals surface area contributed by atoms with E-state index >= 15 is 0 Å². The first-order valence-corrected chi connectivity index (χ1v) is 13.8. The molecular formula is C30H48O3. The van der Waals surface area contributed by atoms with Gasteiger partial charge in [-0.05, 0) is 122 Å². The predicted octanol–water partition coefficient (Wildman–Crippen LogP) is 7.09. The number of allylic oxidation sites excluding steroid dienone is 1. The van der Waals surface area contributed by atoms with Crippen LogP contribution >= 0.6 is 0 Å². The molecule has 0 aromatic heterocycles. The van der Waals surface area contributed by atoms with Crippen molar-refractivity contribution in [2.75, 3.05) is 0 Å². The summed E-state index contributed by atoms with van der Waals surface area (Å²) in [6, 6.07) is 0. The summed E-state index contributed by atoms with van der Waals surface area (Å²) in [7, 11) is 0. The maximum atomic E-state index is 12.8. The quantitative estimate of drug-likeness (QED) is 0.436. The van der Waals surface area contributed by atoms with Crippen LogP contribution in [-0.4, -0.2) is 22.3 Å². The fraction of sp³-hybridized carbons (Fsp3) is 0.900. The zero-order chi connectivity index (χ0) is 24.2. The van der Waals surface area contributed by atoms with Gasteiger partial charge in [-0.1, -0.05) is 46.8 Å². The number of carbonyl (C=O) groups is 1. The SMILES string of the molecule is C=C(C)[C@H]1C[C@H]2[C@@H]3CC[C@H]4[C@@]5(C)CC[C@H](O)C(C)(C)[C@H]5CC[C@@]4(C)[C@]3(C)CC[C@@]2(C(=O)O)C1. The lowest BCUT2D eigenvalue weighted by Gasteiger charge is -2.72. The van der Waals surface area contributed by atoms with Gasteiger partial charge in [0.2, 0.25) is 0 Å². The second-order valence-electron chi connectivity index (χ2n) is 14.6. The molecule has 3 heteroatoms. The second-order valence-corrected chi connectivity index (χ2v) is 14.6. The molecule has 0 heterocycles. The average Bonchev–Trinajstić information content (AvgIpc) is 3.13. The third kappa shape index (κ3) is 2.81. The Kier molecular flexibility index (Phi) is 5.15. The minimum absolute atomic E-state index is 0.0166. The van der Waals surface area contributed by atoms with Crippen molar-refractivity contribution in [1.82, 2.24) is 0 Å². The molecule has 2 N–H and O–H groups in total. The number of aliphatic carboxylic acids is 1. The second kappa shape index (κ2) is 7.11. The van der Waals surface area contributed by atoms with Gasteiger partial charge in [0, 0.05) is 0 Å². The number of carboxylic acid groups (broad SMARTS) is 1. The van der Waals surface area contributed by atoms with Crippen molar-refractivity contribution in [3.05, 3.63) is 12.2 Å². The first kappa shape index (κ1) is 23.9. The lowest BCUT2D eigenvalue weighted by Crippen LogP contribution is -2.66. The van der Waals surface area contributed by atoms with E-state index in [0.29, 0.717) is 29.6 Å². The minimum atomic E-state index is -0.538. The monoisotopic (exact) mass is 456 g/mol. The molecule has 3 nitrogen and oxygen atoms in total. The summed E-state index contributed by atoms with van der Waals surface area (Å²) in [5.41, 5.74) is 1.37. The van der Waals surface area contributed by atoms with Crippen LogP contribution in [0, 0.1) is 56.7 Å². The van der Waals surface area contributed by atoms with Gasteiger partial charge in [0.05, 0.1) is 11.5 Å². The number of hydrogen-bond donors (Lipinski definition) is 2. The molecule has 5 saturated carbocycles. The van der Waals surface area contributed by atoms with E-state index < -0.39 is 11.4 Å².